The van der Waals surface area contributed by atoms with E-state index in [4.69, 9.17) is 0 Å². The fourth-order valence-electron chi connectivity index (χ4n) is 5.63. The molecule has 0 aliphatic rings. The van der Waals surface area contributed by atoms with Gasteiger partial charge < -0.3 is 4.57 Å². The second kappa shape index (κ2) is 10.0. The van der Waals surface area contributed by atoms with Crippen LogP contribution in [0, 0.1) is 22.7 Å². The van der Waals surface area contributed by atoms with Crippen molar-refractivity contribution in [1.82, 2.24) is 4.57 Å². The van der Waals surface area contributed by atoms with Crippen molar-refractivity contribution in [2.75, 3.05) is 0 Å². The highest BCUT2D eigenvalue weighted by molar-refractivity contribution is 6.09. The van der Waals surface area contributed by atoms with Gasteiger partial charge in [0.25, 0.3) is 0 Å². The fraction of sp³-hybridized carbons (Fsp3) is 0. The van der Waals surface area contributed by atoms with Crippen LogP contribution in [0.2, 0.25) is 0 Å². The molecule has 0 amide bonds. The molecule has 3 heteroatoms. The highest BCUT2D eigenvalue weighted by atomic mass is 15.0. The van der Waals surface area contributed by atoms with Crippen LogP contribution in [0.1, 0.15) is 11.1 Å². The van der Waals surface area contributed by atoms with Crippen molar-refractivity contribution >= 4 is 21.8 Å². The van der Waals surface area contributed by atoms with Crippen LogP contribution in [0.4, 0.5) is 0 Å². The molecule has 7 aromatic rings. The first-order chi connectivity index (χ1) is 20.2. The van der Waals surface area contributed by atoms with E-state index in [1.807, 2.05) is 48.5 Å². The number of nitriles is 2. The first-order valence-corrected chi connectivity index (χ1v) is 13.5. The highest BCUT2D eigenvalue weighted by Crippen LogP contribution is 2.36. The first kappa shape index (κ1) is 24.2. The van der Waals surface area contributed by atoms with Gasteiger partial charge in [0.2, 0.25) is 0 Å². The number of rotatable bonds is 4. The lowest BCUT2D eigenvalue weighted by Crippen LogP contribution is -1.94. The van der Waals surface area contributed by atoms with E-state index in [0.29, 0.717) is 11.1 Å². The molecule has 7 rings (SSSR count). The van der Waals surface area contributed by atoms with Gasteiger partial charge in [0.15, 0.2) is 0 Å². The minimum Gasteiger partial charge on any atom is -0.309 e. The van der Waals surface area contributed by atoms with E-state index in [0.717, 1.165) is 39.1 Å². The van der Waals surface area contributed by atoms with Gasteiger partial charge in [-0.15, -0.1) is 0 Å². The van der Waals surface area contributed by atoms with E-state index >= 15 is 0 Å². The summed E-state index contributed by atoms with van der Waals surface area (Å²) >= 11 is 0. The molecular formula is C38H23N3. The molecule has 1 aromatic heterocycles. The van der Waals surface area contributed by atoms with Crippen molar-refractivity contribution < 1.29 is 0 Å². The van der Waals surface area contributed by atoms with Gasteiger partial charge in [-0.05, 0) is 100 Å². The summed E-state index contributed by atoms with van der Waals surface area (Å²) in [6.07, 6.45) is 0. The highest BCUT2D eigenvalue weighted by Gasteiger charge is 2.13. The third kappa shape index (κ3) is 4.33. The second-order valence-corrected chi connectivity index (χ2v) is 10.1. The van der Waals surface area contributed by atoms with Crippen LogP contribution in [0.3, 0.4) is 0 Å². The maximum absolute atomic E-state index is 9.29. The van der Waals surface area contributed by atoms with Crippen molar-refractivity contribution in [3.63, 3.8) is 0 Å². The van der Waals surface area contributed by atoms with E-state index < -0.39 is 0 Å². The number of para-hydroxylation sites is 2. The average molecular weight is 522 g/mol. The van der Waals surface area contributed by atoms with Gasteiger partial charge in [-0.2, -0.15) is 10.5 Å². The minimum absolute atomic E-state index is 0.635. The molecule has 0 spiro atoms. The number of fused-ring (bicyclic) bond motifs is 3. The van der Waals surface area contributed by atoms with Crippen LogP contribution in [0.15, 0.2) is 140 Å². The first-order valence-electron chi connectivity index (χ1n) is 13.5. The number of hydrogen-bond acceptors (Lipinski definition) is 2. The zero-order chi connectivity index (χ0) is 27.8. The Bertz CT molecular complexity index is 2020. The summed E-state index contributed by atoms with van der Waals surface area (Å²) in [7, 11) is 0. The second-order valence-electron chi connectivity index (χ2n) is 10.1. The smallest absolute Gasteiger partial charge is 0.0991 e. The third-order valence-corrected chi connectivity index (χ3v) is 7.65. The van der Waals surface area contributed by atoms with Crippen LogP contribution in [0.25, 0.3) is 60.9 Å². The molecule has 0 bridgehead atoms. The Kier molecular flexibility index (Phi) is 5.90. The summed E-state index contributed by atoms with van der Waals surface area (Å²) in [5.74, 6) is 0. The lowest BCUT2D eigenvalue weighted by atomic mass is 9.92. The lowest BCUT2D eigenvalue weighted by Gasteiger charge is -2.14. The molecular weight excluding hydrogens is 498 g/mol. The number of nitrogens with zero attached hydrogens (tertiary/aromatic N) is 3. The third-order valence-electron chi connectivity index (χ3n) is 7.65. The summed E-state index contributed by atoms with van der Waals surface area (Å²) in [6, 6.07) is 52.2. The number of benzene rings is 6. The van der Waals surface area contributed by atoms with Crippen LogP contribution in [-0.4, -0.2) is 4.57 Å². The van der Waals surface area contributed by atoms with E-state index in [1.54, 1.807) is 0 Å². The van der Waals surface area contributed by atoms with Crippen molar-refractivity contribution in [2.45, 2.75) is 0 Å². The Morgan fingerprint density at radius 1 is 0.390 bits per heavy atom. The molecule has 3 nitrogen and oxygen atoms in total. The molecule has 0 atom stereocenters. The molecule has 0 N–H and O–H groups in total. The standard InChI is InChI=1S/C38H23N3/c39-24-26-12-16-28(17-13-26)31-20-32(29-18-14-27(25-40)15-19-29)22-33(21-31)30-6-5-7-34(23-30)41-37-10-3-1-8-35(37)36-9-2-4-11-38(36)41/h1-23H. The number of hydrogen-bond donors (Lipinski definition) is 0. The molecule has 0 unspecified atom stereocenters. The molecule has 41 heavy (non-hydrogen) atoms. The Morgan fingerprint density at radius 3 is 1.34 bits per heavy atom. The Morgan fingerprint density at radius 2 is 0.854 bits per heavy atom. The van der Waals surface area contributed by atoms with Crippen LogP contribution in [0.5, 0.6) is 0 Å². The zero-order valence-electron chi connectivity index (χ0n) is 22.1. The molecule has 0 radical (unpaired) electrons. The summed E-state index contributed by atoms with van der Waals surface area (Å²) in [4.78, 5) is 0. The van der Waals surface area contributed by atoms with Gasteiger partial charge in [-0.3, -0.25) is 0 Å². The molecule has 0 saturated carbocycles. The van der Waals surface area contributed by atoms with E-state index in [1.165, 1.54) is 21.8 Å². The van der Waals surface area contributed by atoms with Crippen LogP contribution in [-0.2, 0) is 0 Å². The molecule has 0 aliphatic heterocycles. The quantitative estimate of drug-likeness (QED) is 0.232. The molecule has 190 valence electrons. The van der Waals surface area contributed by atoms with Crippen molar-refractivity contribution in [3.8, 4) is 51.2 Å². The fourth-order valence-corrected chi connectivity index (χ4v) is 5.63. The van der Waals surface area contributed by atoms with Gasteiger partial charge in [-0.25, -0.2) is 0 Å². The van der Waals surface area contributed by atoms with E-state index in [2.05, 4.69) is 108 Å². The molecule has 0 fully saturated rings. The van der Waals surface area contributed by atoms with Gasteiger partial charge in [0.1, 0.15) is 0 Å². The zero-order valence-corrected chi connectivity index (χ0v) is 22.1. The van der Waals surface area contributed by atoms with E-state index in [9.17, 15) is 10.5 Å². The monoisotopic (exact) mass is 521 g/mol. The maximum atomic E-state index is 9.29. The Labute approximate surface area is 238 Å². The summed E-state index contributed by atoms with van der Waals surface area (Å²) in [6.45, 7) is 0. The molecule has 0 aliphatic carbocycles. The van der Waals surface area contributed by atoms with Crippen molar-refractivity contribution in [2.24, 2.45) is 0 Å². The Hall–Kier alpha value is -5.90. The average Bonchev–Trinajstić information content (AvgIpc) is 3.39. The summed E-state index contributed by atoms with van der Waals surface area (Å²) in [5, 5.41) is 21.0. The molecule has 0 saturated heterocycles. The minimum atomic E-state index is 0.635. The van der Waals surface area contributed by atoms with Crippen molar-refractivity contribution in [1.29, 1.82) is 10.5 Å². The van der Waals surface area contributed by atoms with Crippen LogP contribution >= 0.6 is 0 Å². The predicted octanol–water partition coefficient (Wildman–Crippen LogP) is 9.53. The van der Waals surface area contributed by atoms with E-state index in [-0.39, 0.29) is 0 Å². The van der Waals surface area contributed by atoms with Gasteiger partial charge in [-0.1, -0.05) is 72.8 Å². The molecule has 1 heterocycles. The largest absolute Gasteiger partial charge is 0.309 e. The van der Waals surface area contributed by atoms with Crippen molar-refractivity contribution in [3.05, 3.63) is 151 Å². The lowest BCUT2D eigenvalue weighted by molar-refractivity contribution is 1.18. The van der Waals surface area contributed by atoms with Crippen LogP contribution < -0.4 is 0 Å². The predicted molar refractivity (Wildman–Crippen MR) is 167 cm³/mol. The van der Waals surface area contributed by atoms with Gasteiger partial charge in [0.05, 0.1) is 34.3 Å². The SMILES string of the molecule is N#Cc1ccc(-c2cc(-c3ccc(C#N)cc3)cc(-c3cccc(-n4c5ccccc5c5ccccc54)c3)c2)cc1. The number of aromatic nitrogens is 1. The summed E-state index contributed by atoms with van der Waals surface area (Å²) in [5.41, 5.74) is 11.1. The topological polar surface area (TPSA) is 52.5 Å². The molecule has 6 aromatic carbocycles. The maximum Gasteiger partial charge on any atom is 0.0991 e. The normalized spacial score (nSPS) is 10.9. The van der Waals surface area contributed by atoms with Gasteiger partial charge >= 0.3 is 0 Å². The Balaban J connectivity index is 1.42. The van der Waals surface area contributed by atoms with Gasteiger partial charge in [0, 0.05) is 16.5 Å². The summed E-state index contributed by atoms with van der Waals surface area (Å²) < 4.78 is 2.33.